The third kappa shape index (κ3) is 2.02. The molecule has 0 amide bonds. The van der Waals surface area contributed by atoms with Gasteiger partial charge in [0.25, 0.3) is 0 Å². The van der Waals surface area contributed by atoms with Crippen LogP contribution in [0.3, 0.4) is 0 Å². The molecule has 76 valence electrons. The van der Waals surface area contributed by atoms with Gasteiger partial charge in [-0.3, -0.25) is 0 Å². The lowest BCUT2D eigenvalue weighted by Gasteiger charge is -2.07. The number of benzene rings is 1. The van der Waals surface area contributed by atoms with Crippen LogP contribution in [0.1, 0.15) is 10.4 Å². The minimum atomic E-state index is -0.745. The van der Waals surface area contributed by atoms with Gasteiger partial charge in [-0.2, -0.15) is 0 Å². The molecule has 2 N–H and O–H groups in total. The Morgan fingerprint density at radius 2 is 2.14 bits per heavy atom. The number of hydrogen-bond donors (Lipinski definition) is 1. The molecule has 0 aliphatic carbocycles. The van der Waals surface area contributed by atoms with Crippen molar-refractivity contribution in [2.24, 2.45) is 0 Å². The summed E-state index contributed by atoms with van der Waals surface area (Å²) in [5.74, 6) is -0.483. The summed E-state index contributed by atoms with van der Waals surface area (Å²) < 4.78 is 8.93. The standard InChI is InChI=1S/C8H7Cl2NO3/c1-13-7-3-6(11)5(9)2-4(7)8(12)14-10/h2-3H,11H2,1H3. The van der Waals surface area contributed by atoms with Gasteiger partial charge in [0.2, 0.25) is 0 Å². The lowest BCUT2D eigenvalue weighted by atomic mass is 10.2. The Morgan fingerprint density at radius 1 is 1.50 bits per heavy atom. The first-order valence-corrected chi connectivity index (χ1v) is 4.24. The summed E-state index contributed by atoms with van der Waals surface area (Å²) in [4.78, 5) is 11.1. The van der Waals surface area contributed by atoms with Crippen LogP contribution in [0.5, 0.6) is 5.75 Å². The summed E-state index contributed by atoms with van der Waals surface area (Å²) in [6.07, 6.45) is 0. The van der Waals surface area contributed by atoms with Crippen molar-refractivity contribution in [1.29, 1.82) is 0 Å². The van der Waals surface area contributed by atoms with Gasteiger partial charge in [-0.25, -0.2) is 4.79 Å². The lowest BCUT2D eigenvalue weighted by molar-refractivity contribution is 0.0748. The first-order chi connectivity index (χ1) is 6.60. The van der Waals surface area contributed by atoms with Crippen molar-refractivity contribution in [2.45, 2.75) is 0 Å². The zero-order valence-electron chi connectivity index (χ0n) is 7.21. The number of carbonyl (C=O) groups is 1. The highest BCUT2D eigenvalue weighted by atomic mass is 35.5. The van der Waals surface area contributed by atoms with E-state index in [1.54, 1.807) is 0 Å². The summed E-state index contributed by atoms with van der Waals surface area (Å²) in [5.41, 5.74) is 5.95. The molecule has 0 heterocycles. The Hall–Kier alpha value is -1.13. The number of ether oxygens (including phenoxy) is 1. The Labute approximate surface area is 90.7 Å². The number of rotatable bonds is 2. The highest BCUT2D eigenvalue weighted by Gasteiger charge is 2.15. The number of hydrogen-bond acceptors (Lipinski definition) is 4. The van der Waals surface area contributed by atoms with E-state index in [0.29, 0.717) is 5.69 Å². The predicted octanol–water partition coefficient (Wildman–Crippen LogP) is 2.24. The molecular weight excluding hydrogens is 229 g/mol. The van der Waals surface area contributed by atoms with E-state index >= 15 is 0 Å². The first kappa shape index (κ1) is 10.9. The number of halogens is 2. The summed E-state index contributed by atoms with van der Waals surface area (Å²) in [5, 5.41) is 0.239. The molecule has 6 heteroatoms. The number of methoxy groups -OCH3 is 1. The van der Waals surface area contributed by atoms with Crippen molar-refractivity contribution in [1.82, 2.24) is 0 Å². The fourth-order valence-electron chi connectivity index (χ4n) is 0.939. The van der Waals surface area contributed by atoms with Crippen LogP contribution < -0.4 is 10.5 Å². The number of nitrogen functional groups attached to an aromatic ring is 1. The third-order valence-electron chi connectivity index (χ3n) is 1.61. The first-order valence-electron chi connectivity index (χ1n) is 3.56. The molecule has 0 aliphatic heterocycles. The number of anilines is 1. The summed E-state index contributed by atoms with van der Waals surface area (Å²) in [7, 11) is 1.40. The van der Waals surface area contributed by atoms with E-state index in [0.717, 1.165) is 0 Å². The Kier molecular flexibility index (Phi) is 3.43. The van der Waals surface area contributed by atoms with Crippen LogP contribution >= 0.6 is 23.5 Å². The van der Waals surface area contributed by atoms with Crippen molar-refractivity contribution in [3.63, 3.8) is 0 Å². The second-order valence-corrected chi connectivity index (χ2v) is 3.00. The topological polar surface area (TPSA) is 61.5 Å². The van der Waals surface area contributed by atoms with Crippen molar-refractivity contribution < 1.29 is 13.8 Å². The van der Waals surface area contributed by atoms with E-state index in [4.69, 9.17) is 33.9 Å². The maximum atomic E-state index is 11.1. The van der Waals surface area contributed by atoms with Crippen LogP contribution in [0.25, 0.3) is 0 Å². The minimum absolute atomic E-state index is 0.127. The van der Waals surface area contributed by atoms with Gasteiger partial charge >= 0.3 is 5.97 Å². The van der Waals surface area contributed by atoms with Gasteiger partial charge in [-0.15, -0.1) is 0 Å². The maximum Gasteiger partial charge on any atom is 0.360 e. The molecule has 0 saturated heterocycles. The van der Waals surface area contributed by atoms with E-state index in [2.05, 4.69) is 4.29 Å². The number of nitrogens with two attached hydrogens (primary N) is 1. The lowest BCUT2D eigenvalue weighted by Crippen LogP contribution is -2.03. The fraction of sp³-hybridized carbons (Fsp3) is 0.125. The highest BCUT2D eigenvalue weighted by molar-refractivity contribution is 6.33. The zero-order valence-corrected chi connectivity index (χ0v) is 8.72. The SMILES string of the molecule is COc1cc(N)c(Cl)cc1C(=O)OCl. The van der Waals surface area contributed by atoms with Crippen LogP contribution in [0.4, 0.5) is 5.69 Å². The Morgan fingerprint density at radius 3 is 2.64 bits per heavy atom. The molecule has 0 aliphatic rings. The Bertz CT molecular complexity index is 368. The molecule has 0 fully saturated rings. The van der Waals surface area contributed by atoms with Crippen molar-refractivity contribution >= 4 is 35.1 Å². The zero-order chi connectivity index (χ0) is 10.7. The van der Waals surface area contributed by atoms with E-state index in [1.807, 2.05) is 0 Å². The van der Waals surface area contributed by atoms with Crippen LogP contribution in [-0.2, 0) is 4.29 Å². The maximum absolute atomic E-state index is 11.1. The smallest absolute Gasteiger partial charge is 0.360 e. The van der Waals surface area contributed by atoms with Crippen LogP contribution in [0.15, 0.2) is 12.1 Å². The van der Waals surface area contributed by atoms with Crippen molar-refractivity contribution in [3.05, 3.63) is 22.7 Å². The molecule has 0 unspecified atom stereocenters. The van der Waals surface area contributed by atoms with Gasteiger partial charge in [0.05, 0.1) is 17.8 Å². The average molecular weight is 236 g/mol. The van der Waals surface area contributed by atoms with Gasteiger partial charge < -0.3 is 14.8 Å². The van der Waals surface area contributed by atoms with E-state index < -0.39 is 5.97 Å². The monoisotopic (exact) mass is 235 g/mol. The molecule has 4 nitrogen and oxygen atoms in total. The summed E-state index contributed by atoms with van der Waals surface area (Å²) in [6.45, 7) is 0. The van der Waals surface area contributed by atoms with Crippen LogP contribution in [-0.4, -0.2) is 13.1 Å². The van der Waals surface area contributed by atoms with Gasteiger partial charge in [0.1, 0.15) is 23.2 Å². The quantitative estimate of drug-likeness (QED) is 0.800. The molecule has 0 atom stereocenters. The molecule has 0 saturated carbocycles. The fourth-order valence-corrected chi connectivity index (χ4v) is 1.19. The number of carbonyl (C=O) groups excluding carboxylic acids is 1. The van der Waals surface area contributed by atoms with E-state index in [9.17, 15) is 4.79 Å². The summed E-state index contributed by atoms with van der Waals surface area (Å²) >= 11 is 10.6. The molecule has 14 heavy (non-hydrogen) atoms. The van der Waals surface area contributed by atoms with E-state index in [1.165, 1.54) is 19.2 Å². The molecule has 0 spiro atoms. The molecule has 0 bridgehead atoms. The second kappa shape index (κ2) is 4.39. The molecule has 1 aromatic carbocycles. The predicted molar refractivity (Wildman–Crippen MR) is 53.7 cm³/mol. The second-order valence-electron chi connectivity index (χ2n) is 2.44. The third-order valence-corrected chi connectivity index (χ3v) is 2.08. The molecule has 1 aromatic rings. The Balaban J connectivity index is 3.27. The van der Waals surface area contributed by atoms with Crippen molar-refractivity contribution in [2.75, 3.05) is 12.8 Å². The molecular formula is C8H7Cl2NO3. The highest BCUT2D eigenvalue weighted by Crippen LogP contribution is 2.29. The van der Waals surface area contributed by atoms with Gasteiger partial charge in [-0.1, -0.05) is 11.6 Å². The van der Waals surface area contributed by atoms with Crippen LogP contribution in [0, 0.1) is 0 Å². The molecule has 0 radical (unpaired) electrons. The van der Waals surface area contributed by atoms with Gasteiger partial charge in [0, 0.05) is 6.07 Å². The van der Waals surface area contributed by atoms with Crippen molar-refractivity contribution in [3.8, 4) is 5.75 Å². The van der Waals surface area contributed by atoms with Gasteiger partial charge in [-0.05, 0) is 6.07 Å². The van der Waals surface area contributed by atoms with E-state index in [-0.39, 0.29) is 16.3 Å². The largest absolute Gasteiger partial charge is 0.496 e. The summed E-state index contributed by atoms with van der Waals surface area (Å²) in [6, 6.07) is 2.76. The minimum Gasteiger partial charge on any atom is -0.496 e. The van der Waals surface area contributed by atoms with Crippen LogP contribution in [0.2, 0.25) is 5.02 Å². The average Bonchev–Trinajstić information content (AvgIpc) is 2.20. The van der Waals surface area contributed by atoms with Gasteiger partial charge in [0.15, 0.2) is 0 Å². The molecule has 0 aromatic heterocycles. The normalized spacial score (nSPS) is 9.64. The molecule has 1 rings (SSSR count).